The Morgan fingerprint density at radius 1 is 0.926 bits per heavy atom. The third-order valence-corrected chi connectivity index (χ3v) is 3.73. The molecular weight excluding hydrogens is 347 g/mol. The summed E-state index contributed by atoms with van der Waals surface area (Å²) in [5, 5.41) is 1.91. The van der Waals surface area contributed by atoms with Gasteiger partial charge in [-0.2, -0.15) is 0 Å². The summed E-state index contributed by atoms with van der Waals surface area (Å²) in [4.78, 5) is 23.6. The van der Waals surface area contributed by atoms with E-state index in [1.54, 1.807) is 6.07 Å². The van der Waals surface area contributed by atoms with Crippen molar-refractivity contribution in [2.45, 2.75) is 0 Å². The minimum Gasteiger partial charge on any atom is -0.483 e. The maximum atomic E-state index is 12.8. The lowest BCUT2D eigenvalue weighted by atomic mass is 10.1. The smallest absolute Gasteiger partial charge is 0.276 e. The van der Waals surface area contributed by atoms with Crippen LogP contribution in [-0.2, 0) is 9.59 Å². The highest BCUT2D eigenvalue weighted by molar-refractivity contribution is 5.93. The Hall–Kier alpha value is -3.67. The first-order valence-corrected chi connectivity index (χ1v) is 8.25. The average Bonchev–Trinajstić information content (AvgIpc) is 2.70. The van der Waals surface area contributed by atoms with Gasteiger partial charge in [-0.05, 0) is 35.2 Å². The van der Waals surface area contributed by atoms with Gasteiger partial charge in [0.05, 0.1) is 0 Å². The molecule has 3 rings (SSSR count). The van der Waals surface area contributed by atoms with Crippen molar-refractivity contribution in [2.24, 2.45) is 0 Å². The van der Waals surface area contributed by atoms with Gasteiger partial charge in [0, 0.05) is 11.5 Å². The van der Waals surface area contributed by atoms with E-state index in [-0.39, 0.29) is 12.4 Å². The normalized spacial score (nSPS) is 10.7. The van der Waals surface area contributed by atoms with Gasteiger partial charge >= 0.3 is 0 Å². The Bertz CT molecular complexity index is 979. The van der Waals surface area contributed by atoms with Crippen LogP contribution in [0.25, 0.3) is 16.8 Å². The van der Waals surface area contributed by atoms with Crippen LogP contribution in [0.2, 0.25) is 0 Å². The first-order valence-electron chi connectivity index (χ1n) is 8.25. The van der Waals surface area contributed by atoms with E-state index in [9.17, 15) is 14.0 Å². The van der Waals surface area contributed by atoms with Gasteiger partial charge in [-0.25, -0.2) is 4.39 Å². The van der Waals surface area contributed by atoms with Crippen LogP contribution in [0.15, 0.2) is 72.8 Å². The van der Waals surface area contributed by atoms with Crippen molar-refractivity contribution in [3.8, 4) is 5.75 Å². The maximum Gasteiger partial charge on any atom is 0.276 e. The molecule has 5 nitrogen and oxygen atoms in total. The standard InChI is InChI=1S/C21H17FN2O3/c22-17-11-8-15(9-12-17)10-13-20(25)23-24-21(26)14-27-19-7-3-5-16-4-1-2-6-18(16)19/h1-13H,14H2,(H,23,25)(H,24,26)/b13-10+. The summed E-state index contributed by atoms with van der Waals surface area (Å²) in [6.07, 6.45) is 2.74. The zero-order chi connectivity index (χ0) is 19.1. The summed E-state index contributed by atoms with van der Waals surface area (Å²) in [6, 6.07) is 18.9. The average molecular weight is 364 g/mol. The molecule has 0 saturated carbocycles. The maximum absolute atomic E-state index is 12.8. The lowest BCUT2D eigenvalue weighted by molar-refractivity contribution is -0.128. The van der Waals surface area contributed by atoms with Crippen LogP contribution in [0.1, 0.15) is 5.56 Å². The number of hydrazine groups is 1. The third-order valence-electron chi connectivity index (χ3n) is 3.73. The number of hydrogen-bond acceptors (Lipinski definition) is 3. The molecule has 0 heterocycles. The number of hydrogen-bond donors (Lipinski definition) is 2. The Morgan fingerprint density at radius 2 is 1.67 bits per heavy atom. The molecule has 0 aromatic heterocycles. The van der Waals surface area contributed by atoms with Crippen LogP contribution in [0, 0.1) is 5.82 Å². The van der Waals surface area contributed by atoms with E-state index in [1.807, 2.05) is 36.4 Å². The van der Waals surface area contributed by atoms with Crippen LogP contribution in [0.3, 0.4) is 0 Å². The zero-order valence-corrected chi connectivity index (χ0v) is 14.3. The molecular formula is C21H17FN2O3. The number of carbonyl (C=O) groups is 2. The van der Waals surface area contributed by atoms with Gasteiger partial charge in [0.25, 0.3) is 11.8 Å². The molecule has 0 aliphatic rings. The highest BCUT2D eigenvalue weighted by atomic mass is 19.1. The molecule has 136 valence electrons. The fourth-order valence-electron chi connectivity index (χ4n) is 2.42. The molecule has 0 fully saturated rings. The number of nitrogens with one attached hydrogen (secondary N) is 2. The molecule has 6 heteroatoms. The molecule has 27 heavy (non-hydrogen) atoms. The first-order chi connectivity index (χ1) is 13.1. The van der Waals surface area contributed by atoms with Crippen molar-refractivity contribution in [1.82, 2.24) is 10.9 Å². The van der Waals surface area contributed by atoms with Gasteiger partial charge < -0.3 is 4.74 Å². The molecule has 2 N–H and O–H groups in total. The molecule has 3 aromatic rings. The lowest BCUT2D eigenvalue weighted by Crippen LogP contribution is -2.43. The summed E-state index contributed by atoms with van der Waals surface area (Å²) < 4.78 is 18.4. The molecule has 0 spiro atoms. The van der Waals surface area contributed by atoms with E-state index in [1.165, 1.54) is 36.4 Å². The summed E-state index contributed by atoms with van der Waals surface area (Å²) >= 11 is 0. The fourth-order valence-corrected chi connectivity index (χ4v) is 2.42. The van der Waals surface area contributed by atoms with Gasteiger partial charge in [-0.15, -0.1) is 0 Å². The van der Waals surface area contributed by atoms with Crippen molar-refractivity contribution < 1.29 is 18.7 Å². The van der Waals surface area contributed by atoms with E-state index < -0.39 is 11.8 Å². The Kier molecular flexibility index (Phi) is 5.79. The highest BCUT2D eigenvalue weighted by Crippen LogP contribution is 2.24. The van der Waals surface area contributed by atoms with Crippen molar-refractivity contribution in [2.75, 3.05) is 6.61 Å². The second-order valence-corrected chi connectivity index (χ2v) is 5.69. The number of benzene rings is 3. The molecule has 2 amide bonds. The van der Waals surface area contributed by atoms with E-state index in [0.29, 0.717) is 11.3 Å². The van der Waals surface area contributed by atoms with Crippen molar-refractivity contribution in [3.63, 3.8) is 0 Å². The predicted molar refractivity (Wildman–Crippen MR) is 101 cm³/mol. The monoisotopic (exact) mass is 364 g/mol. The van der Waals surface area contributed by atoms with Crippen molar-refractivity contribution >= 4 is 28.7 Å². The molecule has 0 radical (unpaired) electrons. The highest BCUT2D eigenvalue weighted by Gasteiger charge is 2.06. The number of ether oxygens (including phenoxy) is 1. The minimum absolute atomic E-state index is 0.240. The Balaban J connectivity index is 1.48. The Labute approximate surface area is 155 Å². The largest absolute Gasteiger partial charge is 0.483 e. The van der Waals surface area contributed by atoms with E-state index in [0.717, 1.165) is 10.8 Å². The van der Waals surface area contributed by atoms with Gasteiger partial charge in [0.2, 0.25) is 0 Å². The topological polar surface area (TPSA) is 67.4 Å². The SMILES string of the molecule is O=C(/C=C/c1ccc(F)cc1)NNC(=O)COc1cccc2ccccc12. The van der Waals surface area contributed by atoms with Gasteiger partial charge in [0.15, 0.2) is 6.61 Å². The summed E-state index contributed by atoms with van der Waals surface area (Å²) in [6.45, 7) is -0.240. The quantitative estimate of drug-likeness (QED) is 0.540. The first kappa shape index (κ1) is 18.1. The van der Waals surface area contributed by atoms with Crippen molar-refractivity contribution in [1.29, 1.82) is 0 Å². The lowest BCUT2D eigenvalue weighted by Gasteiger charge is -2.09. The number of fused-ring (bicyclic) bond motifs is 1. The Morgan fingerprint density at radius 3 is 2.48 bits per heavy atom. The minimum atomic E-state index is -0.516. The van der Waals surface area contributed by atoms with Crippen LogP contribution >= 0.6 is 0 Å². The summed E-state index contributed by atoms with van der Waals surface area (Å²) in [5.41, 5.74) is 5.19. The fraction of sp³-hybridized carbons (Fsp3) is 0.0476. The molecule has 0 unspecified atom stereocenters. The number of carbonyl (C=O) groups excluding carboxylic acids is 2. The second kappa shape index (κ2) is 8.62. The molecule has 0 aliphatic heterocycles. The van der Waals surface area contributed by atoms with Crippen molar-refractivity contribution in [3.05, 3.63) is 84.2 Å². The number of amides is 2. The van der Waals surface area contributed by atoms with Crippen LogP contribution in [0.5, 0.6) is 5.75 Å². The van der Waals surface area contributed by atoms with E-state index in [2.05, 4.69) is 10.9 Å². The third kappa shape index (κ3) is 5.15. The molecule has 3 aromatic carbocycles. The molecule has 0 bridgehead atoms. The molecule has 0 atom stereocenters. The summed E-state index contributed by atoms with van der Waals surface area (Å²) in [5.74, 6) is -0.773. The predicted octanol–water partition coefficient (Wildman–Crippen LogP) is 3.22. The van der Waals surface area contributed by atoms with Gasteiger partial charge in [-0.1, -0.05) is 48.5 Å². The van der Waals surface area contributed by atoms with Gasteiger partial charge in [-0.3, -0.25) is 20.4 Å². The zero-order valence-electron chi connectivity index (χ0n) is 14.3. The van der Waals surface area contributed by atoms with E-state index in [4.69, 9.17) is 4.74 Å². The van der Waals surface area contributed by atoms with Crippen LogP contribution < -0.4 is 15.6 Å². The number of halogens is 1. The van der Waals surface area contributed by atoms with Gasteiger partial charge in [0.1, 0.15) is 11.6 Å². The van der Waals surface area contributed by atoms with Crippen LogP contribution in [0.4, 0.5) is 4.39 Å². The summed E-state index contributed by atoms with van der Waals surface area (Å²) in [7, 11) is 0. The van der Waals surface area contributed by atoms with Crippen LogP contribution in [-0.4, -0.2) is 18.4 Å². The molecule has 0 aliphatic carbocycles. The molecule has 0 saturated heterocycles. The van der Waals surface area contributed by atoms with E-state index >= 15 is 0 Å². The number of rotatable bonds is 5. The second-order valence-electron chi connectivity index (χ2n) is 5.69.